The molecule has 29 heavy (non-hydrogen) atoms. The average Bonchev–Trinajstić information content (AvgIpc) is 2.65. The lowest BCUT2D eigenvalue weighted by Crippen LogP contribution is -2.68. The van der Waals surface area contributed by atoms with Crippen LogP contribution in [0.15, 0.2) is 12.1 Å². The number of nitrogens with one attached hydrogen (secondary N) is 1. The summed E-state index contributed by atoms with van der Waals surface area (Å²) in [7, 11) is 1.98. The van der Waals surface area contributed by atoms with Gasteiger partial charge in [0.25, 0.3) is 5.91 Å². The van der Waals surface area contributed by atoms with Gasteiger partial charge >= 0.3 is 0 Å². The first-order valence-corrected chi connectivity index (χ1v) is 11.4. The normalized spacial score (nSPS) is 38.6. The summed E-state index contributed by atoms with van der Waals surface area (Å²) >= 11 is 0. The number of carbonyl (C=O) groups is 1. The third-order valence-electron chi connectivity index (χ3n) is 9.14. The number of benzene rings is 1. The molecule has 158 valence electrons. The Kier molecular flexibility index (Phi) is 4.48. The Morgan fingerprint density at radius 3 is 2.69 bits per heavy atom. The van der Waals surface area contributed by atoms with Crippen LogP contribution >= 0.6 is 0 Å². The number of primary amides is 1. The smallest absolute Gasteiger partial charge is 0.252 e. The summed E-state index contributed by atoms with van der Waals surface area (Å²) in [6.07, 6.45) is 10.5. The number of hydrogen-bond acceptors (Lipinski definition) is 4. The minimum Gasteiger partial charge on any atom is -0.507 e. The van der Waals surface area contributed by atoms with Crippen LogP contribution in [0.4, 0.5) is 0 Å². The predicted octanol–water partition coefficient (Wildman–Crippen LogP) is 3.00. The minimum absolute atomic E-state index is 0.0149. The molecule has 0 aromatic heterocycles. The largest absolute Gasteiger partial charge is 0.507 e. The SMILES string of the molecule is CNC1CC[C@@]2(O)[C@H]3Cc4ccc(C(N)=O)c(O)c4[C@@]2(CCC3CC2CCC2)C1. The molecule has 1 aromatic carbocycles. The molecule has 4 aliphatic carbocycles. The van der Waals surface area contributed by atoms with E-state index in [1.54, 1.807) is 6.07 Å². The Morgan fingerprint density at radius 1 is 1.24 bits per heavy atom. The van der Waals surface area contributed by atoms with Crippen LogP contribution in [0.5, 0.6) is 5.75 Å². The van der Waals surface area contributed by atoms with E-state index >= 15 is 0 Å². The number of rotatable bonds is 4. The molecule has 2 unspecified atom stereocenters. The number of phenols is 1. The zero-order valence-corrected chi connectivity index (χ0v) is 17.4. The molecule has 4 aliphatic rings. The Bertz CT molecular complexity index is 836. The van der Waals surface area contributed by atoms with Gasteiger partial charge in [0.15, 0.2) is 0 Å². The van der Waals surface area contributed by atoms with Crippen LogP contribution in [0, 0.1) is 17.8 Å². The Morgan fingerprint density at radius 2 is 2.03 bits per heavy atom. The molecule has 1 amide bonds. The molecule has 0 saturated heterocycles. The van der Waals surface area contributed by atoms with Crippen molar-refractivity contribution in [3.63, 3.8) is 0 Å². The Balaban J connectivity index is 1.64. The second kappa shape index (κ2) is 6.71. The van der Waals surface area contributed by atoms with Gasteiger partial charge in [-0.15, -0.1) is 0 Å². The van der Waals surface area contributed by atoms with E-state index in [4.69, 9.17) is 5.73 Å². The first-order chi connectivity index (χ1) is 13.9. The lowest BCUT2D eigenvalue weighted by Gasteiger charge is -2.64. The van der Waals surface area contributed by atoms with Gasteiger partial charge < -0.3 is 21.3 Å². The molecule has 5 N–H and O–H groups in total. The van der Waals surface area contributed by atoms with Gasteiger partial charge in [0, 0.05) is 17.0 Å². The summed E-state index contributed by atoms with van der Waals surface area (Å²) in [4.78, 5) is 11.9. The number of hydrogen-bond donors (Lipinski definition) is 4. The summed E-state index contributed by atoms with van der Waals surface area (Å²) in [5, 5.41) is 26.9. The zero-order chi connectivity index (χ0) is 20.4. The third kappa shape index (κ3) is 2.63. The maximum absolute atomic E-state index is 12.3. The quantitative estimate of drug-likeness (QED) is 0.627. The van der Waals surface area contributed by atoms with Gasteiger partial charge in [-0.1, -0.05) is 25.3 Å². The summed E-state index contributed by atoms with van der Waals surface area (Å²) in [6, 6.07) is 3.96. The van der Waals surface area contributed by atoms with E-state index in [-0.39, 0.29) is 17.2 Å². The molecule has 0 spiro atoms. The molecule has 0 aliphatic heterocycles. The molecular formula is C24H34N2O3. The minimum atomic E-state index is -0.812. The van der Waals surface area contributed by atoms with Gasteiger partial charge in [0.1, 0.15) is 5.75 Å². The van der Waals surface area contributed by atoms with E-state index in [1.807, 2.05) is 13.1 Å². The van der Waals surface area contributed by atoms with Crippen molar-refractivity contribution >= 4 is 5.91 Å². The van der Waals surface area contributed by atoms with Crippen LogP contribution in [0.25, 0.3) is 0 Å². The fourth-order valence-corrected chi connectivity index (χ4v) is 7.45. The van der Waals surface area contributed by atoms with Gasteiger partial charge in [-0.2, -0.15) is 0 Å². The lowest BCUT2D eigenvalue weighted by molar-refractivity contribution is -0.172. The summed E-state index contributed by atoms with van der Waals surface area (Å²) in [6.45, 7) is 0. The molecular weight excluding hydrogens is 364 g/mol. The average molecular weight is 399 g/mol. The van der Waals surface area contributed by atoms with Crippen molar-refractivity contribution in [2.45, 2.75) is 81.3 Å². The number of fused-ring (bicyclic) bond motifs is 1. The van der Waals surface area contributed by atoms with Crippen LogP contribution < -0.4 is 11.1 Å². The van der Waals surface area contributed by atoms with E-state index in [1.165, 1.54) is 25.7 Å². The van der Waals surface area contributed by atoms with Crippen molar-refractivity contribution in [3.05, 3.63) is 28.8 Å². The molecule has 3 saturated carbocycles. The van der Waals surface area contributed by atoms with Crippen LogP contribution in [0.2, 0.25) is 0 Å². The van der Waals surface area contributed by atoms with Crippen LogP contribution in [0.3, 0.4) is 0 Å². The van der Waals surface area contributed by atoms with E-state index in [0.717, 1.165) is 55.6 Å². The number of nitrogens with two attached hydrogens (primary N) is 1. The monoisotopic (exact) mass is 398 g/mol. The third-order valence-corrected chi connectivity index (χ3v) is 9.14. The van der Waals surface area contributed by atoms with Crippen LogP contribution in [-0.2, 0) is 11.8 Å². The van der Waals surface area contributed by atoms with Gasteiger partial charge in [-0.05, 0) is 81.4 Å². The highest BCUT2D eigenvalue weighted by atomic mass is 16.3. The molecule has 2 bridgehead atoms. The van der Waals surface area contributed by atoms with E-state index < -0.39 is 16.9 Å². The van der Waals surface area contributed by atoms with Crippen molar-refractivity contribution in [1.29, 1.82) is 0 Å². The molecule has 5 nitrogen and oxygen atoms in total. The number of aliphatic hydroxyl groups is 1. The summed E-state index contributed by atoms with van der Waals surface area (Å²) in [5.74, 6) is 1.03. The second-order valence-electron chi connectivity index (χ2n) is 10.2. The molecule has 3 fully saturated rings. The molecule has 5 heteroatoms. The Hall–Kier alpha value is -1.59. The number of carbonyl (C=O) groups excluding carboxylic acids is 1. The zero-order valence-electron chi connectivity index (χ0n) is 17.4. The van der Waals surface area contributed by atoms with Crippen LogP contribution in [-0.4, -0.2) is 34.8 Å². The van der Waals surface area contributed by atoms with Gasteiger partial charge in [0.05, 0.1) is 11.2 Å². The fraction of sp³-hybridized carbons (Fsp3) is 0.708. The fourth-order valence-electron chi connectivity index (χ4n) is 7.45. The predicted molar refractivity (Wildman–Crippen MR) is 112 cm³/mol. The lowest BCUT2D eigenvalue weighted by atomic mass is 9.43. The van der Waals surface area contributed by atoms with Crippen molar-refractivity contribution in [1.82, 2.24) is 5.32 Å². The molecule has 0 heterocycles. The first kappa shape index (κ1) is 19.4. The van der Waals surface area contributed by atoms with Crippen molar-refractivity contribution < 1.29 is 15.0 Å². The molecule has 0 radical (unpaired) electrons. The highest BCUT2D eigenvalue weighted by molar-refractivity contribution is 5.96. The number of aromatic hydroxyl groups is 1. The van der Waals surface area contributed by atoms with Crippen molar-refractivity contribution in [2.75, 3.05) is 7.05 Å². The van der Waals surface area contributed by atoms with E-state index in [0.29, 0.717) is 12.0 Å². The topological polar surface area (TPSA) is 95.6 Å². The summed E-state index contributed by atoms with van der Waals surface area (Å²) < 4.78 is 0. The van der Waals surface area contributed by atoms with E-state index in [2.05, 4.69) is 5.32 Å². The highest BCUT2D eigenvalue weighted by Crippen LogP contribution is 2.65. The number of amides is 1. The maximum Gasteiger partial charge on any atom is 0.252 e. The van der Waals surface area contributed by atoms with Crippen molar-refractivity contribution in [3.8, 4) is 5.75 Å². The second-order valence-corrected chi connectivity index (χ2v) is 10.2. The maximum atomic E-state index is 12.3. The first-order valence-electron chi connectivity index (χ1n) is 11.4. The van der Waals surface area contributed by atoms with Gasteiger partial charge in [-0.25, -0.2) is 0 Å². The van der Waals surface area contributed by atoms with E-state index in [9.17, 15) is 15.0 Å². The highest BCUT2D eigenvalue weighted by Gasteiger charge is 2.65. The molecule has 5 rings (SSSR count). The standard InChI is InChI=1S/C24H34N2O3/c1-26-17-8-10-24(29)19-12-16-5-6-18(22(25)28)21(27)20(16)23(24,13-17)9-7-15(19)11-14-3-2-4-14/h5-6,14-15,17,19,26-27,29H,2-4,7-13H2,1H3,(H2,25,28)/t15?,17?,19-,23+,24+/m0/s1. The van der Waals surface area contributed by atoms with Gasteiger partial charge in [-0.3, -0.25) is 4.79 Å². The molecule has 1 aromatic rings. The summed E-state index contributed by atoms with van der Waals surface area (Å²) in [5.41, 5.74) is 6.35. The molecule has 5 atom stereocenters. The van der Waals surface area contributed by atoms with Crippen molar-refractivity contribution in [2.24, 2.45) is 23.5 Å². The Labute approximate surface area is 173 Å². The van der Waals surface area contributed by atoms with Gasteiger partial charge in [0.2, 0.25) is 0 Å². The van der Waals surface area contributed by atoms with Crippen LogP contribution in [0.1, 0.15) is 79.3 Å².